The smallest absolute Gasteiger partial charge is 0.239 e. The van der Waals surface area contributed by atoms with E-state index in [2.05, 4.69) is 0 Å². The molecule has 0 radical (unpaired) electrons. The van der Waals surface area contributed by atoms with E-state index in [1.54, 1.807) is 0 Å². The zero-order valence-corrected chi connectivity index (χ0v) is 8.86. The minimum atomic E-state index is -0.550. The zero-order valence-electron chi connectivity index (χ0n) is 8.86. The molecule has 0 aliphatic carbocycles. The maximum Gasteiger partial charge on any atom is 0.239 e. The van der Waals surface area contributed by atoms with E-state index in [9.17, 15) is 4.79 Å². The molecule has 1 N–H and O–H groups in total. The first kappa shape index (κ1) is 12.9. The van der Waals surface area contributed by atoms with Gasteiger partial charge in [-0.05, 0) is 13.3 Å². The highest BCUT2D eigenvalue weighted by molar-refractivity contribution is 5.81. The number of nitrogens with zero attached hydrogens (tertiary/aromatic N) is 2. The molecule has 14 heavy (non-hydrogen) atoms. The van der Waals surface area contributed by atoms with Crippen LogP contribution in [0.5, 0.6) is 0 Å². The Balaban J connectivity index is 4.31. The molecule has 1 amide bonds. The van der Waals surface area contributed by atoms with E-state index >= 15 is 0 Å². The van der Waals surface area contributed by atoms with Gasteiger partial charge in [-0.2, -0.15) is 5.26 Å². The molecule has 0 aromatic heterocycles. The lowest BCUT2D eigenvalue weighted by Gasteiger charge is -2.21. The second kappa shape index (κ2) is 7.34. The van der Waals surface area contributed by atoms with Crippen LogP contribution in [0.2, 0.25) is 0 Å². The summed E-state index contributed by atoms with van der Waals surface area (Å²) in [4.78, 5) is 13.2. The number of nitriles is 1. The van der Waals surface area contributed by atoms with Crippen LogP contribution < -0.4 is 0 Å². The van der Waals surface area contributed by atoms with E-state index < -0.39 is 5.92 Å². The minimum absolute atomic E-state index is 0.0517. The van der Waals surface area contributed by atoms with Crippen molar-refractivity contribution in [2.45, 2.75) is 26.7 Å². The molecule has 0 saturated carbocycles. The highest BCUT2D eigenvalue weighted by Crippen LogP contribution is 2.09. The largest absolute Gasteiger partial charge is 0.395 e. The zero-order chi connectivity index (χ0) is 11.0. The Bertz CT molecular complexity index is 211. The van der Waals surface area contributed by atoms with E-state index in [1.807, 2.05) is 19.9 Å². The monoisotopic (exact) mass is 198 g/mol. The van der Waals surface area contributed by atoms with Crippen LogP contribution in [0.25, 0.3) is 0 Å². The summed E-state index contributed by atoms with van der Waals surface area (Å²) in [5.74, 6) is -0.711. The summed E-state index contributed by atoms with van der Waals surface area (Å²) >= 11 is 0. The van der Waals surface area contributed by atoms with Crippen LogP contribution in [-0.4, -0.2) is 35.6 Å². The summed E-state index contributed by atoms with van der Waals surface area (Å²) in [7, 11) is 0. The Morgan fingerprint density at radius 2 is 2.21 bits per heavy atom. The van der Waals surface area contributed by atoms with Crippen molar-refractivity contribution in [3.63, 3.8) is 0 Å². The van der Waals surface area contributed by atoms with E-state index in [4.69, 9.17) is 10.4 Å². The van der Waals surface area contributed by atoms with Gasteiger partial charge in [0.05, 0.1) is 12.7 Å². The molecule has 4 heteroatoms. The topological polar surface area (TPSA) is 64.3 Å². The molecule has 0 aliphatic rings. The van der Waals surface area contributed by atoms with Crippen LogP contribution in [-0.2, 0) is 4.79 Å². The second-order valence-corrected chi connectivity index (χ2v) is 3.11. The molecule has 0 aliphatic heterocycles. The number of amides is 1. The lowest BCUT2D eigenvalue weighted by molar-refractivity contribution is -0.134. The fourth-order valence-corrected chi connectivity index (χ4v) is 1.30. The molecule has 0 aromatic carbocycles. The maximum atomic E-state index is 11.7. The Hall–Kier alpha value is -1.08. The SMILES string of the molecule is CCCC(C#N)C(=O)N(CC)CCO. The van der Waals surface area contributed by atoms with Crippen molar-refractivity contribution in [1.82, 2.24) is 4.90 Å². The van der Waals surface area contributed by atoms with Crippen LogP contribution >= 0.6 is 0 Å². The van der Waals surface area contributed by atoms with Gasteiger partial charge >= 0.3 is 0 Å². The fraction of sp³-hybridized carbons (Fsp3) is 0.800. The molecule has 0 bridgehead atoms. The molecule has 0 heterocycles. The average Bonchev–Trinajstić information content (AvgIpc) is 2.21. The van der Waals surface area contributed by atoms with Crippen molar-refractivity contribution in [3.05, 3.63) is 0 Å². The Kier molecular flexibility index (Phi) is 6.77. The van der Waals surface area contributed by atoms with Crippen LogP contribution in [0.15, 0.2) is 0 Å². The first-order valence-electron chi connectivity index (χ1n) is 5.00. The van der Waals surface area contributed by atoms with Crippen molar-refractivity contribution in [3.8, 4) is 6.07 Å². The van der Waals surface area contributed by atoms with Crippen molar-refractivity contribution >= 4 is 5.91 Å². The standard InChI is InChI=1S/C10H18N2O2/c1-3-5-9(8-11)10(14)12(4-2)6-7-13/h9,13H,3-7H2,1-2H3. The van der Waals surface area contributed by atoms with Gasteiger partial charge in [0.1, 0.15) is 5.92 Å². The molecule has 0 spiro atoms. The number of likely N-dealkylation sites (N-methyl/N-ethyl adjacent to an activating group) is 1. The molecule has 1 atom stereocenters. The highest BCUT2D eigenvalue weighted by atomic mass is 16.3. The van der Waals surface area contributed by atoms with Gasteiger partial charge in [0.2, 0.25) is 5.91 Å². The third-order valence-corrected chi connectivity index (χ3v) is 2.09. The van der Waals surface area contributed by atoms with Crippen molar-refractivity contribution < 1.29 is 9.90 Å². The van der Waals surface area contributed by atoms with Crippen LogP contribution in [0.4, 0.5) is 0 Å². The summed E-state index contributed by atoms with van der Waals surface area (Å²) in [6, 6.07) is 2.00. The van der Waals surface area contributed by atoms with E-state index in [0.29, 0.717) is 19.5 Å². The molecule has 0 saturated heterocycles. The summed E-state index contributed by atoms with van der Waals surface area (Å²) in [6.07, 6.45) is 1.41. The molecular formula is C10H18N2O2. The van der Waals surface area contributed by atoms with E-state index in [1.165, 1.54) is 4.90 Å². The Morgan fingerprint density at radius 3 is 2.57 bits per heavy atom. The quantitative estimate of drug-likeness (QED) is 0.685. The molecule has 0 aromatic rings. The van der Waals surface area contributed by atoms with Gasteiger partial charge in [0.15, 0.2) is 0 Å². The highest BCUT2D eigenvalue weighted by Gasteiger charge is 2.21. The first-order chi connectivity index (χ1) is 6.71. The summed E-state index contributed by atoms with van der Waals surface area (Å²) in [5, 5.41) is 17.5. The van der Waals surface area contributed by atoms with Gasteiger partial charge in [-0.15, -0.1) is 0 Å². The molecule has 4 nitrogen and oxygen atoms in total. The summed E-state index contributed by atoms with van der Waals surface area (Å²) < 4.78 is 0. The number of carbonyl (C=O) groups excluding carboxylic acids is 1. The molecule has 1 unspecified atom stereocenters. The van der Waals surface area contributed by atoms with E-state index in [0.717, 1.165) is 6.42 Å². The van der Waals surface area contributed by atoms with E-state index in [-0.39, 0.29) is 12.5 Å². The maximum absolute atomic E-state index is 11.7. The van der Waals surface area contributed by atoms with Gasteiger partial charge in [0.25, 0.3) is 0 Å². The average molecular weight is 198 g/mol. The van der Waals surface area contributed by atoms with Crippen LogP contribution in [0, 0.1) is 17.2 Å². The molecular weight excluding hydrogens is 180 g/mol. The van der Waals surface area contributed by atoms with Crippen molar-refractivity contribution in [2.24, 2.45) is 5.92 Å². The lowest BCUT2D eigenvalue weighted by Crippen LogP contribution is -2.37. The molecule has 0 rings (SSSR count). The molecule has 0 fully saturated rings. The predicted octanol–water partition coefficient (Wildman–Crippen LogP) is 0.767. The predicted molar refractivity (Wildman–Crippen MR) is 53.4 cm³/mol. The Labute approximate surface area is 85.1 Å². The Morgan fingerprint density at radius 1 is 1.57 bits per heavy atom. The number of carbonyl (C=O) groups is 1. The number of aliphatic hydroxyl groups is 1. The van der Waals surface area contributed by atoms with Gasteiger partial charge in [-0.25, -0.2) is 0 Å². The van der Waals surface area contributed by atoms with Gasteiger partial charge in [-0.3, -0.25) is 4.79 Å². The van der Waals surface area contributed by atoms with Crippen molar-refractivity contribution in [1.29, 1.82) is 5.26 Å². The van der Waals surface area contributed by atoms with Gasteiger partial charge < -0.3 is 10.0 Å². The van der Waals surface area contributed by atoms with Gasteiger partial charge in [-0.1, -0.05) is 13.3 Å². The number of rotatable bonds is 6. The minimum Gasteiger partial charge on any atom is -0.395 e. The summed E-state index contributed by atoms with van der Waals surface area (Å²) in [6.45, 7) is 4.59. The molecule has 80 valence electrons. The third kappa shape index (κ3) is 3.75. The third-order valence-electron chi connectivity index (χ3n) is 2.09. The number of hydrogen-bond donors (Lipinski definition) is 1. The first-order valence-corrected chi connectivity index (χ1v) is 5.00. The van der Waals surface area contributed by atoms with Crippen molar-refractivity contribution in [2.75, 3.05) is 19.7 Å². The number of hydrogen-bond acceptors (Lipinski definition) is 3. The second-order valence-electron chi connectivity index (χ2n) is 3.11. The van der Waals surface area contributed by atoms with Gasteiger partial charge in [0, 0.05) is 13.1 Å². The normalized spacial score (nSPS) is 11.9. The lowest BCUT2D eigenvalue weighted by atomic mass is 10.0. The number of aliphatic hydroxyl groups excluding tert-OH is 1. The van der Waals surface area contributed by atoms with Crippen LogP contribution in [0.3, 0.4) is 0 Å². The van der Waals surface area contributed by atoms with Crippen LogP contribution in [0.1, 0.15) is 26.7 Å². The fourth-order valence-electron chi connectivity index (χ4n) is 1.30. The summed E-state index contributed by atoms with van der Waals surface area (Å²) in [5.41, 5.74) is 0.